The zero-order valence-corrected chi connectivity index (χ0v) is 17.8. The van der Waals surface area contributed by atoms with Crippen molar-refractivity contribution in [3.05, 3.63) is 65.4 Å². The minimum atomic E-state index is -0.410. The van der Waals surface area contributed by atoms with Crippen molar-refractivity contribution < 1.29 is 18.7 Å². The van der Waals surface area contributed by atoms with E-state index in [4.69, 9.17) is 9.15 Å². The zero-order valence-electron chi connectivity index (χ0n) is 17.0. The third-order valence-corrected chi connectivity index (χ3v) is 6.88. The van der Waals surface area contributed by atoms with E-state index in [2.05, 4.69) is 5.32 Å². The van der Waals surface area contributed by atoms with Crippen molar-refractivity contribution in [1.29, 1.82) is 0 Å². The molecule has 4 rings (SSSR count). The molecule has 1 aliphatic carbocycles. The summed E-state index contributed by atoms with van der Waals surface area (Å²) in [6.07, 6.45) is 6.40. The molecule has 3 aromatic rings. The first-order valence-corrected chi connectivity index (χ1v) is 11.3. The van der Waals surface area contributed by atoms with Gasteiger partial charge in [-0.2, -0.15) is 11.8 Å². The van der Waals surface area contributed by atoms with Gasteiger partial charge in [0.15, 0.2) is 5.76 Å². The molecule has 1 aromatic heterocycles. The van der Waals surface area contributed by atoms with E-state index < -0.39 is 5.97 Å². The van der Waals surface area contributed by atoms with Crippen LogP contribution >= 0.6 is 11.8 Å². The molecule has 0 spiro atoms. The maximum atomic E-state index is 13.0. The van der Waals surface area contributed by atoms with Gasteiger partial charge in [0, 0.05) is 27.6 Å². The van der Waals surface area contributed by atoms with E-state index in [1.54, 1.807) is 24.3 Å². The van der Waals surface area contributed by atoms with E-state index in [1.165, 1.54) is 39.2 Å². The number of hydrogen-bond acceptors (Lipinski definition) is 5. The number of fused-ring (bicyclic) bond motifs is 1. The topological polar surface area (TPSA) is 68.5 Å². The lowest BCUT2D eigenvalue weighted by atomic mass is 10.0. The normalized spacial score (nSPS) is 14.6. The molecule has 0 unspecified atom stereocenters. The number of ether oxygens (including phenoxy) is 1. The van der Waals surface area contributed by atoms with E-state index in [1.807, 2.05) is 36.0 Å². The van der Waals surface area contributed by atoms with Crippen LogP contribution in [0.5, 0.6) is 0 Å². The Morgan fingerprint density at radius 3 is 2.53 bits per heavy atom. The van der Waals surface area contributed by atoms with Gasteiger partial charge in [0.2, 0.25) is 0 Å². The van der Waals surface area contributed by atoms with Crippen LogP contribution in [0.3, 0.4) is 0 Å². The molecule has 1 amide bonds. The summed E-state index contributed by atoms with van der Waals surface area (Å²) in [5.74, 6) is 0.422. The minimum absolute atomic E-state index is 0.281. The Hall–Kier alpha value is -2.73. The highest BCUT2D eigenvalue weighted by Crippen LogP contribution is 2.35. The average Bonchev–Trinajstić information content (AvgIpc) is 3.17. The van der Waals surface area contributed by atoms with Crippen molar-refractivity contribution >= 4 is 40.3 Å². The molecule has 1 aliphatic rings. The van der Waals surface area contributed by atoms with Gasteiger partial charge >= 0.3 is 5.97 Å². The van der Waals surface area contributed by atoms with Gasteiger partial charge in [0.25, 0.3) is 5.91 Å². The molecule has 30 heavy (non-hydrogen) atoms. The third kappa shape index (κ3) is 4.54. The Morgan fingerprint density at radius 2 is 1.80 bits per heavy atom. The summed E-state index contributed by atoms with van der Waals surface area (Å²) in [5.41, 5.74) is 2.70. The van der Waals surface area contributed by atoms with Crippen LogP contribution in [0, 0.1) is 0 Å². The maximum absolute atomic E-state index is 13.0. The molecule has 1 N–H and O–H groups in total. The summed E-state index contributed by atoms with van der Waals surface area (Å²) < 4.78 is 10.7. The van der Waals surface area contributed by atoms with Gasteiger partial charge in [-0.05, 0) is 43.2 Å². The van der Waals surface area contributed by atoms with Crippen LogP contribution in [0.2, 0.25) is 0 Å². The summed E-state index contributed by atoms with van der Waals surface area (Å²) >= 11 is 1.92. The lowest BCUT2D eigenvalue weighted by Crippen LogP contribution is -2.14. The Kier molecular flexibility index (Phi) is 6.43. The van der Waals surface area contributed by atoms with Crippen molar-refractivity contribution in [2.45, 2.75) is 43.1 Å². The number of benzene rings is 2. The van der Waals surface area contributed by atoms with E-state index >= 15 is 0 Å². The van der Waals surface area contributed by atoms with Crippen LogP contribution in [0.1, 0.15) is 58.6 Å². The lowest BCUT2D eigenvalue weighted by Gasteiger charge is -2.20. The third-order valence-electron chi connectivity index (χ3n) is 5.48. The van der Waals surface area contributed by atoms with Crippen LogP contribution in [-0.2, 0) is 10.5 Å². The Labute approximate surface area is 180 Å². The fourth-order valence-electron chi connectivity index (χ4n) is 3.85. The number of anilines is 1. The second-order valence-corrected chi connectivity index (χ2v) is 8.79. The molecular formula is C24H25NO4S. The molecule has 6 heteroatoms. The van der Waals surface area contributed by atoms with Gasteiger partial charge in [-0.3, -0.25) is 4.79 Å². The van der Waals surface area contributed by atoms with Crippen LogP contribution < -0.4 is 5.32 Å². The summed E-state index contributed by atoms with van der Waals surface area (Å²) in [6.45, 7) is 0. The molecule has 2 aromatic carbocycles. The molecule has 1 saturated carbocycles. The molecule has 0 aliphatic heterocycles. The van der Waals surface area contributed by atoms with Gasteiger partial charge in [0.1, 0.15) is 5.58 Å². The molecule has 1 fully saturated rings. The van der Waals surface area contributed by atoms with Crippen molar-refractivity contribution in [2.24, 2.45) is 0 Å². The molecular weight excluding hydrogens is 398 g/mol. The number of rotatable bonds is 6. The van der Waals surface area contributed by atoms with Gasteiger partial charge in [-0.25, -0.2) is 4.79 Å². The van der Waals surface area contributed by atoms with Gasteiger partial charge in [-0.1, -0.05) is 37.5 Å². The number of carbonyl (C=O) groups is 2. The second kappa shape index (κ2) is 9.39. The Morgan fingerprint density at radius 1 is 1.07 bits per heavy atom. The van der Waals surface area contributed by atoms with Crippen molar-refractivity contribution in [3.8, 4) is 0 Å². The van der Waals surface area contributed by atoms with Gasteiger partial charge < -0.3 is 14.5 Å². The van der Waals surface area contributed by atoms with E-state index in [-0.39, 0.29) is 5.91 Å². The van der Waals surface area contributed by atoms with Crippen molar-refractivity contribution in [3.63, 3.8) is 0 Å². The second-order valence-electron chi connectivity index (χ2n) is 7.50. The van der Waals surface area contributed by atoms with Crippen LogP contribution in [0.4, 0.5) is 5.69 Å². The molecule has 0 saturated heterocycles. The molecule has 5 nitrogen and oxygen atoms in total. The minimum Gasteiger partial charge on any atom is -0.465 e. The Bertz CT molecular complexity index is 1040. The lowest BCUT2D eigenvalue weighted by molar-refractivity contribution is 0.0600. The van der Waals surface area contributed by atoms with E-state index in [0.717, 1.165) is 22.3 Å². The number of hydrogen-bond donors (Lipinski definition) is 1. The first-order valence-electron chi connectivity index (χ1n) is 10.3. The monoisotopic (exact) mass is 423 g/mol. The maximum Gasteiger partial charge on any atom is 0.337 e. The SMILES string of the molecule is COC(=O)c1ccc(NC(=O)c2oc3ccccc3c2CSC2CCCCC2)cc1. The number of carbonyl (C=O) groups excluding carboxylic acids is 2. The molecule has 0 atom stereocenters. The number of thioether (sulfide) groups is 1. The largest absolute Gasteiger partial charge is 0.465 e. The summed E-state index contributed by atoms with van der Waals surface area (Å²) in [4.78, 5) is 24.6. The number of esters is 1. The van der Waals surface area contributed by atoms with E-state index in [9.17, 15) is 9.59 Å². The predicted octanol–water partition coefficient (Wildman–Crippen LogP) is 6.04. The first-order chi connectivity index (χ1) is 14.7. The zero-order chi connectivity index (χ0) is 20.9. The first kappa shape index (κ1) is 20.5. The highest BCUT2D eigenvalue weighted by molar-refractivity contribution is 7.99. The smallest absolute Gasteiger partial charge is 0.337 e. The molecule has 1 heterocycles. The quantitative estimate of drug-likeness (QED) is 0.490. The summed E-state index contributed by atoms with van der Waals surface area (Å²) in [5, 5.41) is 4.53. The fraction of sp³-hybridized carbons (Fsp3) is 0.333. The average molecular weight is 424 g/mol. The highest BCUT2D eigenvalue weighted by Gasteiger charge is 2.22. The predicted molar refractivity (Wildman–Crippen MR) is 120 cm³/mol. The Balaban J connectivity index is 1.54. The van der Waals surface area contributed by atoms with Gasteiger partial charge in [0.05, 0.1) is 12.7 Å². The molecule has 0 bridgehead atoms. The van der Waals surface area contributed by atoms with Crippen LogP contribution in [-0.4, -0.2) is 24.2 Å². The van der Waals surface area contributed by atoms with Crippen molar-refractivity contribution in [1.82, 2.24) is 0 Å². The highest BCUT2D eigenvalue weighted by atomic mass is 32.2. The van der Waals surface area contributed by atoms with Crippen LogP contribution in [0.15, 0.2) is 52.9 Å². The summed E-state index contributed by atoms with van der Waals surface area (Å²) in [7, 11) is 1.34. The number of furan rings is 1. The molecule has 0 radical (unpaired) electrons. The number of para-hydroxylation sites is 1. The summed E-state index contributed by atoms with van der Waals surface area (Å²) in [6, 6.07) is 14.4. The van der Waals surface area contributed by atoms with Crippen molar-refractivity contribution in [2.75, 3.05) is 12.4 Å². The fourth-order valence-corrected chi connectivity index (χ4v) is 5.21. The number of methoxy groups -OCH3 is 1. The molecule has 156 valence electrons. The number of amides is 1. The van der Waals surface area contributed by atoms with Crippen LogP contribution in [0.25, 0.3) is 11.0 Å². The number of nitrogens with one attached hydrogen (secondary N) is 1. The van der Waals surface area contributed by atoms with Gasteiger partial charge in [-0.15, -0.1) is 0 Å². The van der Waals surface area contributed by atoms with E-state index in [0.29, 0.717) is 22.3 Å². The standard InChI is InChI=1S/C24H25NO4S/c1-28-24(27)16-11-13-17(14-12-16)25-23(26)22-20(15-30-18-7-3-2-4-8-18)19-9-5-6-10-21(19)29-22/h5-6,9-14,18H,2-4,7-8,15H2,1H3,(H,25,26).